The highest BCUT2D eigenvalue weighted by Gasteiger charge is 2.24. The molecule has 0 amide bonds. The molecule has 2 rings (SSSR count). The Morgan fingerprint density at radius 2 is 2.16 bits per heavy atom. The van der Waals surface area contributed by atoms with Crippen LogP contribution in [0.2, 0.25) is 5.02 Å². The summed E-state index contributed by atoms with van der Waals surface area (Å²) in [5, 5.41) is 9.62. The quantitative estimate of drug-likeness (QED) is 0.917. The number of rotatable bonds is 5. The molecule has 6 heteroatoms. The molecule has 0 saturated carbocycles. The zero-order chi connectivity index (χ0) is 14.0. The molecule has 19 heavy (non-hydrogen) atoms. The summed E-state index contributed by atoms with van der Waals surface area (Å²) >= 11 is 8.03. The molecule has 0 radical (unpaired) electrons. The second kappa shape index (κ2) is 6.03. The average Bonchev–Trinajstić information content (AvgIpc) is 2.93. The van der Waals surface area contributed by atoms with Gasteiger partial charge >= 0.3 is 0 Å². The maximum Gasteiger partial charge on any atom is 0.0897 e. The second-order valence-electron chi connectivity index (χ2n) is 4.69. The molecule has 0 bridgehead atoms. The highest BCUT2D eigenvalue weighted by Crippen LogP contribution is 2.32. The zero-order valence-electron chi connectivity index (χ0n) is 11.6. The normalized spacial score (nSPS) is 13.2. The van der Waals surface area contributed by atoms with Crippen molar-refractivity contribution in [3.8, 4) is 0 Å². The number of halogens is 1. The first-order valence-corrected chi connectivity index (χ1v) is 7.62. The van der Waals surface area contributed by atoms with Crippen LogP contribution in [0.25, 0.3) is 0 Å². The summed E-state index contributed by atoms with van der Waals surface area (Å²) in [6.07, 6.45) is 3.64. The summed E-state index contributed by atoms with van der Waals surface area (Å²) in [6, 6.07) is 0.325. The molecular weight excluding hydrogens is 280 g/mol. The van der Waals surface area contributed by atoms with Gasteiger partial charge in [0, 0.05) is 17.1 Å². The van der Waals surface area contributed by atoms with E-state index >= 15 is 0 Å². The van der Waals surface area contributed by atoms with E-state index in [1.54, 1.807) is 17.5 Å². The Bertz CT molecular complexity index is 547. The van der Waals surface area contributed by atoms with E-state index < -0.39 is 0 Å². The molecule has 0 saturated heterocycles. The maximum atomic E-state index is 6.34. The first kappa shape index (κ1) is 14.5. The Kier molecular flexibility index (Phi) is 4.60. The highest BCUT2D eigenvalue weighted by molar-refractivity contribution is 7.11. The summed E-state index contributed by atoms with van der Waals surface area (Å²) in [4.78, 5) is 5.51. The van der Waals surface area contributed by atoms with Gasteiger partial charge in [-0.25, -0.2) is 4.98 Å². The van der Waals surface area contributed by atoms with Crippen molar-refractivity contribution >= 4 is 22.9 Å². The molecule has 4 nitrogen and oxygen atoms in total. The number of hydrogen-bond acceptors (Lipinski definition) is 4. The third-order valence-corrected chi connectivity index (χ3v) is 4.15. The van der Waals surface area contributed by atoms with Crippen LogP contribution in [-0.4, -0.2) is 21.3 Å². The third kappa shape index (κ3) is 2.99. The van der Waals surface area contributed by atoms with E-state index in [9.17, 15) is 0 Å². The number of hydrogen-bond donors (Lipinski definition) is 1. The molecule has 2 aromatic heterocycles. The van der Waals surface area contributed by atoms with Crippen molar-refractivity contribution < 1.29 is 0 Å². The highest BCUT2D eigenvalue weighted by atomic mass is 35.5. The van der Waals surface area contributed by atoms with Crippen LogP contribution in [-0.2, 0) is 0 Å². The molecule has 0 aliphatic carbocycles. The van der Waals surface area contributed by atoms with Crippen LogP contribution in [0.5, 0.6) is 0 Å². The second-order valence-corrected chi connectivity index (χ2v) is 6.36. The summed E-state index contributed by atoms with van der Waals surface area (Å²) in [5.41, 5.74) is 1.02. The minimum atomic E-state index is 0.0496. The molecule has 0 spiro atoms. The number of nitrogens with one attached hydrogen (secondary N) is 1. The number of thiazole rings is 1. The molecule has 1 unspecified atom stereocenters. The molecule has 104 valence electrons. The van der Waals surface area contributed by atoms with Crippen LogP contribution < -0.4 is 5.32 Å². The molecule has 1 atom stereocenters. The van der Waals surface area contributed by atoms with Crippen molar-refractivity contribution in [1.29, 1.82) is 0 Å². The van der Waals surface area contributed by atoms with Gasteiger partial charge in [-0.1, -0.05) is 18.5 Å². The average molecular weight is 299 g/mol. The van der Waals surface area contributed by atoms with Gasteiger partial charge < -0.3 is 5.32 Å². The lowest BCUT2D eigenvalue weighted by molar-refractivity contribution is 0.478. The van der Waals surface area contributed by atoms with Crippen LogP contribution in [0, 0.1) is 6.92 Å². The van der Waals surface area contributed by atoms with Gasteiger partial charge in [0.15, 0.2) is 0 Å². The van der Waals surface area contributed by atoms with Crippen molar-refractivity contribution in [2.75, 3.05) is 6.54 Å². The lowest BCUT2D eigenvalue weighted by Crippen LogP contribution is -2.25. The fourth-order valence-corrected chi connectivity index (χ4v) is 3.18. The predicted molar refractivity (Wildman–Crippen MR) is 80.0 cm³/mol. The van der Waals surface area contributed by atoms with Crippen LogP contribution in [0.3, 0.4) is 0 Å². The Morgan fingerprint density at radius 1 is 1.42 bits per heavy atom. The molecule has 0 aromatic carbocycles. The SMILES string of the molecule is CCNC(c1cnc(C)s1)c1c(Cl)cnn1C(C)C. The van der Waals surface area contributed by atoms with Gasteiger partial charge in [-0.05, 0) is 27.3 Å². The Morgan fingerprint density at radius 3 is 2.68 bits per heavy atom. The first-order valence-electron chi connectivity index (χ1n) is 6.43. The van der Waals surface area contributed by atoms with Crippen molar-refractivity contribution in [1.82, 2.24) is 20.1 Å². The Balaban J connectivity index is 2.47. The fraction of sp³-hybridized carbons (Fsp3) is 0.538. The van der Waals surface area contributed by atoms with E-state index in [4.69, 9.17) is 11.6 Å². The van der Waals surface area contributed by atoms with Gasteiger partial charge in [-0.15, -0.1) is 11.3 Å². The minimum Gasteiger partial charge on any atom is -0.304 e. The summed E-state index contributed by atoms with van der Waals surface area (Å²) in [7, 11) is 0. The van der Waals surface area contributed by atoms with Gasteiger partial charge in [0.05, 0.1) is 28.0 Å². The summed E-state index contributed by atoms with van der Waals surface area (Å²) in [5.74, 6) is 0. The number of aryl methyl sites for hydroxylation is 1. The monoisotopic (exact) mass is 298 g/mol. The van der Waals surface area contributed by atoms with E-state index in [0.717, 1.165) is 17.2 Å². The van der Waals surface area contributed by atoms with E-state index in [-0.39, 0.29) is 12.1 Å². The predicted octanol–water partition coefficient (Wildman–Crippen LogP) is 3.58. The molecular formula is C13H19ClN4S. The van der Waals surface area contributed by atoms with Crippen molar-refractivity contribution in [3.05, 3.63) is 33.0 Å². The molecule has 1 N–H and O–H groups in total. The lowest BCUT2D eigenvalue weighted by Gasteiger charge is -2.20. The van der Waals surface area contributed by atoms with Gasteiger partial charge in [-0.3, -0.25) is 4.68 Å². The van der Waals surface area contributed by atoms with Gasteiger partial charge in [0.25, 0.3) is 0 Å². The number of nitrogens with zero attached hydrogens (tertiary/aromatic N) is 3. The molecule has 0 aliphatic heterocycles. The zero-order valence-corrected chi connectivity index (χ0v) is 13.2. The minimum absolute atomic E-state index is 0.0496. The van der Waals surface area contributed by atoms with Crippen molar-refractivity contribution in [3.63, 3.8) is 0 Å². The van der Waals surface area contributed by atoms with E-state index in [0.29, 0.717) is 5.02 Å². The smallest absolute Gasteiger partial charge is 0.0897 e. The van der Waals surface area contributed by atoms with Crippen molar-refractivity contribution in [2.45, 2.75) is 39.8 Å². The van der Waals surface area contributed by atoms with E-state index in [2.05, 4.69) is 36.2 Å². The lowest BCUT2D eigenvalue weighted by atomic mass is 10.1. The van der Waals surface area contributed by atoms with Gasteiger partial charge in [0.2, 0.25) is 0 Å². The molecule has 0 fully saturated rings. The van der Waals surface area contributed by atoms with E-state index in [1.165, 1.54) is 4.88 Å². The van der Waals surface area contributed by atoms with Crippen LogP contribution in [0.15, 0.2) is 12.4 Å². The molecule has 0 aliphatic rings. The summed E-state index contributed by atoms with van der Waals surface area (Å²) in [6.45, 7) is 9.17. The molecule has 2 aromatic rings. The third-order valence-electron chi connectivity index (χ3n) is 2.88. The fourth-order valence-electron chi connectivity index (χ4n) is 2.08. The maximum absolute atomic E-state index is 6.34. The van der Waals surface area contributed by atoms with Crippen LogP contribution in [0.4, 0.5) is 0 Å². The number of aromatic nitrogens is 3. The van der Waals surface area contributed by atoms with Crippen LogP contribution in [0.1, 0.15) is 48.4 Å². The van der Waals surface area contributed by atoms with Crippen LogP contribution >= 0.6 is 22.9 Å². The molecule has 2 heterocycles. The largest absolute Gasteiger partial charge is 0.304 e. The van der Waals surface area contributed by atoms with Gasteiger partial charge in [-0.2, -0.15) is 5.10 Å². The standard InChI is InChI=1S/C13H19ClN4S/c1-5-15-12(11-7-16-9(4)19-11)13-10(14)6-17-18(13)8(2)3/h6-8,12,15H,5H2,1-4H3. The van der Waals surface area contributed by atoms with Crippen molar-refractivity contribution in [2.24, 2.45) is 0 Å². The topological polar surface area (TPSA) is 42.7 Å². The Labute approximate surface area is 122 Å². The summed E-state index contributed by atoms with van der Waals surface area (Å²) < 4.78 is 1.98. The van der Waals surface area contributed by atoms with Gasteiger partial charge in [0.1, 0.15) is 0 Å². The Hall–Kier alpha value is -0.910. The van der Waals surface area contributed by atoms with E-state index in [1.807, 2.05) is 17.8 Å². The first-order chi connectivity index (χ1) is 9.04.